The first kappa shape index (κ1) is 30.5. The molecule has 0 aliphatic carbocycles. The normalized spacial score (nSPS) is 13.4. The molecule has 2 aromatic rings. The van der Waals surface area contributed by atoms with Gasteiger partial charge in [-0.3, -0.25) is 0 Å². The predicted molar refractivity (Wildman–Crippen MR) is 129 cm³/mol. The summed E-state index contributed by atoms with van der Waals surface area (Å²) >= 11 is 0. The maximum Gasteiger partial charge on any atom is 0.341 e. The van der Waals surface area contributed by atoms with Crippen LogP contribution in [0.3, 0.4) is 0 Å². The minimum Gasteiger partial charge on any atom is -0.488 e. The second-order valence-corrected chi connectivity index (χ2v) is 8.73. The van der Waals surface area contributed by atoms with E-state index in [1.54, 1.807) is 18.2 Å². The van der Waals surface area contributed by atoms with Gasteiger partial charge in [0.05, 0.1) is 13.2 Å². The second-order valence-electron chi connectivity index (χ2n) is 8.73. The van der Waals surface area contributed by atoms with E-state index in [4.69, 9.17) is 29.9 Å². The highest BCUT2D eigenvalue weighted by Crippen LogP contribution is 2.25. The van der Waals surface area contributed by atoms with E-state index in [0.29, 0.717) is 30.0 Å². The zero-order valence-electron chi connectivity index (χ0n) is 20.5. The smallest absolute Gasteiger partial charge is 0.341 e. The lowest BCUT2D eigenvalue weighted by Crippen LogP contribution is -2.39. The number of methoxy groups -OCH3 is 1. The van der Waals surface area contributed by atoms with Crippen LogP contribution in [0.25, 0.3) is 0 Å². The maximum atomic E-state index is 12.1. The molecule has 0 aliphatic rings. The highest BCUT2D eigenvalue weighted by molar-refractivity contribution is 5.92. The fraction of sp³-hybridized carbons (Fsp3) is 0.400. The van der Waals surface area contributed by atoms with E-state index in [9.17, 15) is 19.5 Å². The van der Waals surface area contributed by atoms with Crippen LogP contribution in [0, 0.1) is 0 Å². The molecule has 0 saturated carbocycles. The largest absolute Gasteiger partial charge is 0.488 e. The fourth-order valence-electron chi connectivity index (χ4n) is 2.68. The van der Waals surface area contributed by atoms with Crippen LogP contribution in [0.1, 0.15) is 48.4 Å². The first-order valence-corrected chi connectivity index (χ1v) is 10.9. The molecule has 11 heteroatoms. The number of carbonyl (C=O) groups is 3. The Hall–Kier alpha value is -3.51. The number of hydrogen-bond donors (Lipinski definition) is 6. The van der Waals surface area contributed by atoms with Crippen molar-refractivity contribution < 1.29 is 49.4 Å². The number of nitrogens with one attached hydrogen (secondary N) is 1. The predicted octanol–water partition coefficient (Wildman–Crippen LogP) is 1.35. The number of carbonyl (C=O) groups excluding carboxylic acids is 1. The van der Waals surface area contributed by atoms with Crippen LogP contribution in [0.15, 0.2) is 48.5 Å². The second kappa shape index (κ2) is 14.1. The van der Waals surface area contributed by atoms with Crippen molar-refractivity contribution in [3.05, 3.63) is 65.2 Å². The van der Waals surface area contributed by atoms with E-state index < -0.39 is 36.2 Å². The number of aliphatic hydroxyl groups excluding tert-OH is 3. The van der Waals surface area contributed by atoms with Gasteiger partial charge in [-0.25, -0.2) is 14.4 Å². The third kappa shape index (κ3) is 10.4. The highest BCUT2D eigenvalue weighted by Gasteiger charge is 2.29. The van der Waals surface area contributed by atoms with Crippen LogP contribution >= 0.6 is 0 Å². The lowest BCUT2D eigenvalue weighted by molar-refractivity contribution is -0.165. The summed E-state index contributed by atoms with van der Waals surface area (Å²) in [5.74, 6) is -3.60. The van der Waals surface area contributed by atoms with Crippen molar-refractivity contribution in [3.8, 4) is 5.75 Å². The maximum absolute atomic E-state index is 12.1. The number of carboxylic acid groups (broad SMARTS) is 2. The Morgan fingerprint density at radius 1 is 0.917 bits per heavy atom. The van der Waals surface area contributed by atoms with Crippen molar-refractivity contribution >= 4 is 17.9 Å². The molecule has 0 aromatic heterocycles. The van der Waals surface area contributed by atoms with Crippen molar-refractivity contribution in [1.29, 1.82) is 0 Å². The number of aliphatic hydroxyl groups is 3. The van der Waals surface area contributed by atoms with Crippen LogP contribution < -0.4 is 10.1 Å². The molecular weight excluding hydrogens is 474 g/mol. The van der Waals surface area contributed by atoms with Crippen LogP contribution in [-0.4, -0.2) is 74.8 Å². The standard InChI is InChI=1S/C21H27NO4.C4H6O6/c1-21(2,3)22-13-18(23)16-10-11-19(17(12-16)20(24)25-4)26-14-15-8-6-5-7-9-15;5-1(3(7)8)2(6)4(9)10/h5-12,18,22-23H,13-14H2,1-4H3;1-2,5-6H,(H,7,8)(H,9,10)/t18-;1-,2-/m01/s1. The monoisotopic (exact) mass is 507 g/mol. The fourth-order valence-corrected chi connectivity index (χ4v) is 2.68. The van der Waals surface area contributed by atoms with Crippen molar-refractivity contribution in [2.45, 2.75) is 51.2 Å². The minimum absolute atomic E-state index is 0.106. The quantitative estimate of drug-likeness (QED) is 0.255. The van der Waals surface area contributed by atoms with Crippen molar-refractivity contribution in [2.24, 2.45) is 0 Å². The molecule has 11 nitrogen and oxygen atoms in total. The number of ether oxygens (including phenoxy) is 2. The van der Waals surface area contributed by atoms with Crippen molar-refractivity contribution in [3.63, 3.8) is 0 Å². The number of esters is 1. The van der Waals surface area contributed by atoms with Gasteiger partial charge in [-0.1, -0.05) is 36.4 Å². The molecule has 198 valence electrons. The van der Waals surface area contributed by atoms with Gasteiger partial charge < -0.3 is 40.3 Å². The Kier molecular flexibility index (Phi) is 12.0. The van der Waals surface area contributed by atoms with Gasteiger partial charge in [-0.2, -0.15) is 0 Å². The van der Waals surface area contributed by atoms with Gasteiger partial charge >= 0.3 is 17.9 Å². The first-order chi connectivity index (χ1) is 16.8. The average Bonchev–Trinajstić information content (AvgIpc) is 2.84. The first-order valence-electron chi connectivity index (χ1n) is 10.9. The van der Waals surface area contributed by atoms with E-state index in [1.807, 2.05) is 51.1 Å². The number of aliphatic carboxylic acids is 2. The van der Waals surface area contributed by atoms with Crippen molar-refractivity contribution in [1.82, 2.24) is 5.32 Å². The van der Waals surface area contributed by atoms with Crippen LogP contribution in [0.2, 0.25) is 0 Å². The summed E-state index contributed by atoms with van der Waals surface area (Å²) in [4.78, 5) is 31.7. The molecule has 36 heavy (non-hydrogen) atoms. The van der Waals surface area contributed by atoms with E-state index in [2.05, 4.69) is 5.32 Å². The Balaban J connectivity index is 0.000000548. The molecule has 0 heterocycles. The topological polar surface area (TPSA) is 183 Å². The molecule has 6 N–H and O–H groups in total. The molecule has 2 aromatic carbocycles. The zero-order chi connectivity index (χ0) is 27.5. The molecule has 0 aliphatic heterocycles. The van der Waals surface area contributed by atoms with E-state index in [1.165, 1.54) is 7.11 Å². The van der Waals surface area contributed by atoms with Gasteiger partial charge in [0.2, 0.25) is 0 Å². The molecule has 0 unspecified atom stereocenters. The SMILES string of the molecule is COC(=O)c1cc([C@@H](O)CNC(C)(C)C)ccc1OCc1ccccc1.O=C(O)[C@H](O)[C@@H](O)C(=O)O. The summed E-state index contributed by atoms with van der Waals surface area (Å²) < 4.78 is 10.7. The van der Waals surface area contributed by atoms with Gasteiger partial charge in [0.1, 0.15) is 17.9 Å². The van der Waals surface area contributed by atoms with Gasteiger partial charge in [0, 0.05) is 12.1 Å². The molecule has 0 saturated heterocycles. The summed E-state index contributed by atoms with van der Waals surface area (Å²) in [6.07, 6.45) is -5.27. The Morgan fingerprint density at radius 3 is 1.94 bits per heavy atom. The summed E-state index contributed by atoms with van der Waals surface area (Å²) in [5, 5.41) is 46.2. The lowest BCUT2D eigenvalue weighted by atomic mass is 10.0. The third-order valence-corrected chi connectivity index (χ3v) is 4.66. The van der Waals surface area contributed by atoms with Gasteiger partial charge in [-0.15, -0.1) is 0 Å². The molecule has 0 radical (unpaired) electrons. The molecule has 0 spiro atoms. The molecule has 2 rings (SSSR count). The molecule has 0 bridgehead atoms. The van der Waals surface area contributed by atoms with Crippen LogP contribution in [0.4, 0.5) is 0 Å². The lowest BCUT2D eigenvalue weighted by Gasteiger charge is -2.23. The number of β-amino-alcohol motifs (C(OH)–C–C–N with tert-alkyl or cyclic N) is 1. The zero-order valence-corrected chi connectivity index (χ0v) is 20.5. The van der Waals surface area contributed by atoms with Gasteiger partial charge in [0.15, 0.2) is 12.2 Å². The van der Waals surface area contributed by atoms with Gasteiger partial charge in [-0.05, 0) is 44.0 Å². The van der Waals surface area contributed by atoms with Crippen molar-refractivity contribution in [2.75, 3.05) is 13.7 Å². The van der Waals surface area contributed by atoms with Gasteiger partial charge in [0.25, 0.3) is 0 Å². The summed E-state index contributed by atoms with van der Waals surface area (Å²) in [5.41, 5.74) is 1.83. The van der Waals surface area contributed by atoms with E-state index in [-0.39, 0.29) is 5.54 Å². The number of hydrogen-bond acceptors (Lipinski definition) is 9. The summed E-state index contributed by atoms with van der Waals surface area (Å²) in [6.45, 7) is 6.81. The number of rotatable bonds is 10. The van der Waals surface area contributed by atoms with Crippen LogP contribution in [0.5, 0.6) is 5.75 Å². The summed E-state index contributed by atoms with van der Waals surface area (Å²) in [7, 11) is 1.33. The van der Waals surface area contributed by atoms with E-state index >= 15 is 0 Å². The Bertz CT molecular complexity index is 986. The number of carboxylic acids is 2. The van der Waals surface area contributed by atoms with E-state index in [0.717, 1.165) is 5.56 Å². The average molecular weight is 508 g/mol. The molecular formula is C25H33NO10. The Labute approximate surface area is 208 Å². The summed E-state index contributed by atoms with van der Waals surface area (Å²) in [6, 6.07) is 14.8. The molecule has 0 fully saturated rings. The molecule has 3 atom stereocenters. The number of benzene rings is 2. The highest BCUT2D eigenvalue weighted by atomic mass is 16.5. The Morgan fingerprint density at radius 2 is 1.47 bits per heavy atom. The van der Waals surface area contributed by atoms with Crippen LogP contribution in [-0.2, 0) is 20.9 Å². The minimum atomic E-state index is -2.27. The third-order valence-electron chi connectivity index (χ3n) is 4.66. The molecule has 0 amide bonds.